The molecule has 1 heterocycles. The first-order valence-electron chi connectivity index (χ1n) is 11.2. The fraction of sp³-hybridized carbons (Fsp3) is 0.708. The Labute approximate surface area is 185 Å². The van der Waals surface area contributed by atoms with E-state index in [9.17, 15) is 14.4 Å². The lowest BCUT2D eigenvalue weighted by Gasteiger charge is -2.20. The lowest BCUT2D eigenvalue weighted by molar-refractivity contribution is -0.143. The first kappa shape index (κ1) is 26.9. The van der Waals surface area contributed by atoms with Crippen molar-refractivity contribution in [2.45, 2.75) is 72.1 Å². The van der Waals surface area contributed by atoms with Gasteiger partial charge in [0.2, 0.25) is 0 Å². The molecule has 0 aromatic carbocycles. The number of hydrogen-bond acceptors (Lipinski definition) is 7. The average Bonchev–Trinajstić information content (AvgIpc) is 3.13. The van der Waals surface area contributed by atoms with E-state index in [0.717, 1.165) is 56.1 Å². The molecule has 176 valence electrons. The minimum absolute atomic E-state index is 0.0566. The smallest absolute Gasteiger partial charge is 0.334 e. The van der Waals surface area contributed by atoms with Gasteiger partial charge in [-0.05, 0) is 69.8 Å². The minimum atomic E-state index is -0.286. The van der Waals surface area contributed by atoms with Crippen molar-refractivity contribution in [3.63, 3.8) is 0 Å². The van der Waals surface area contributed by atoms with E-state index in [0.29, 0.717) is 26.2 Å². The molecule has 1 aliphatic heterocycles. The zero-order chi connectivity index (χ0) is 23.1. The summed E-state index contributed by atoms with van der Waals surface area (Å²) in [5.74, 6) is -0.312. The number of aliphatic hydroxyl groups is 1. The van der Waals surface area contributed by atoms with Gasteiger partial charge in [0, 0.05) is 19.4 Å². The molecule has 0 amide bonds. The summed E-state index contributed by atoms with van der Waals surface area (Å²) in [6, 6.07) is 0. The standard InChI is InChI=1S/C24H38O7/c1-18(15-25)7-4-8-21(16-30-19(2)26)9-5-10-22(17-31-20(3)27)11-6-12-23-13-14-29-24(23)28/h7,13,21-22,25H,4-6,8-12,14-17H2,1-3H3. The quantitative estimate of drug-likeness (QED) is 0.222. The van der Waals surface area contributed by atoms with Crippen LogP contribution in [0.25, 0.3) is 0 Å². The number of aliphatic hydroxyl groups excluding tert-OH is 1. The number of ether oxygens (including phenoxy) is 3. The molecular formula is C24H38O7. The van der Waals surface area contributed by atoms with Crippen molar-refractivity contribution in [3.8, 4) is 0 Å². The maximum absolute atomic E-state index is 11.6. The van der Waals surface area contributed by atoms with Gasteiger partial charge < -0.3 is 19.3 Å². The van der Waals surface area contributed by atoms with Crippen LogP contribution in [0.2, 0.25) is 0 Å². The lowest BCUT2D eigenvalue weighted by atomic mass is 9.91. The molecule has 2 unspecified atom stereocenters. The number of hydrogen-bond donors (Lipinski definition) is 1. The van der Waals surface area contributed by atoms with E-state index >= 15 is 0 Å². The predicted molar refractivity (Wildman–Crippen MR) is 117 cm³/mol. The van der Waals surface area contributed by atoms with Crippen molar-refractivity contribution >= 4 is 17.9 Å². The van der Waals surface area contributed by atoms with Gasteiger partial charge in [-0.15, -0.1) is 0 Å². The summed E-state index contributed by atoms with van der Waals surface area (Å²) in [6.07, 6.45) is 10.7. The molecular weight excluding hydrogens is 400 g/mol. The number of carbonyl (C=O) groups is 3. The molecule has 1 N–H and O–H groups in total. The number of carbonyl (C=O) groups excluding carboxylic acids is 3. The van der Waals surface area contributed by atoms with Gasteiger partial charge >= 0.3 is 17.9 Å². The third-order valence-corrected chi connectivity index (χ3v) is 5.45. The lowest BCUT2D eigenvalue weighted by Crippen LogP contribution is -2.15. The van der Waals surface area contributed by atoms with Crippen molar-refractivity contribution in [3.05, 3.63) is 23.3 Å². The molecule has 7 heteroatoms. The van der Waals surface area contributed by atoms with Crippen LogP contribution >= 0.6 is 0 Å². The molecule has 0 saturated heterocycles. The Kier molecular flexibility index (Phi) is 13.5. The zero-order valence-electron chi connectivity index (χ0n) is 19.2. The van der Waals surface area contributed by atoms with E-state index in [1.807, 2.05) is 19.1 Å². The third-order valence-electron chi connectivity index (χ3n) is 5.45. The SMILES string of the molecule is CC(=O)OCC(CCC=C(C)CO)CCCC(CCCC1=CCOC1=O)COC(C)=O. The van der Waals surface area contributed by atoms with Gasteiger partial charge in [-0.3, -0.25) is 9.59 Å². The van der Waals surface area contributed by atoms with Crippen molar-refractivity contribution in [1.82, 2.24) is 0 Å². The molecule has 0 saturated carbocycles. The van der Waals surface area contributed by atoms with Gasteiger partial charge in [0.15, 0.2) is 0 Å². The Morgan fingerprint density at radius 3 is 2.13 bits per heavy atom. The Balaban J connectivity index is 2.48. The number of esters is 3. The topological polar surface area (TPSA) is 99.1 Å². The molecule has 0 aliphatic carbocycles. The van der Waals surface area contributed by atoms with Gasteiger partial charge in [0.25, 0.3) is 0 Å². The second-order valence-corrected chi connectivity index (χ2v) is 8.27. The van der Waals surface area contributed by atoms with Crippen LogP contribution in [0, 0.1) is 11.8 Å². The Morgan fingerprint density at radius 2 is 1.61 bits per heavy atom. The highest BCUT2D eigenvalue weighted by atomic mass is 16.5. The third kappa shape index (κ3) is 13.0. The molecule has 0 radical (unpaired) electrons. The number of allylic oxidation sites excluding steroid dienone is 1. The van der Waals surface area contributed by atoms with E-state index < -0.39 is 0 Å². The van der Waals surface area contributed by atoms with Crippen LogP contribution in [0.15, 0.2) is 23.3 Å². The maximum Gasteiger partial charge on any atom is 0.334 e. The normalized spacial score (nSPS) is 15.8. The Bertz CT molecular complexity index is 636. The summed E-state index contributed by atoms with van der Waals surface area (Å²) in [6.45, 7) is 5.91. The van der Waals surface area contributed by atoms with Gasteiger partial charge in [0.1, 0.15) is 6.61 Å². The summed E-state index contributed by atoms with van der Waals surface area (Å²) < 4.78 is 15.4. The minimum Gasteiger partial charge on any atom is -0.466 e. The van der Waals surface area contributed by atoms with Gasteiger partial charge in [-0.1, -0.05) is 18.1 Å². The molecule has 0 aromatic heterocycles. The number of rotatable bonds is 16. The van der Waals surface area contributed by atoms with E-state index in [2.05, 4.69) is 0 Å². The van der Waals surface area contributed by atoms with Gasteiger partial charge in [-0.25, -0.2) is 4.79 Å². The molecule has 0 spiro atoms. The summed E-state index contributed by atoms with van der Waals surface area (Å²) in [4.78, 5) is 34.0. The fourth-order valence-electron chi connectivity index (χ4n) is 3.60. The first-order chi connectivity index (χ1) is 14.8. The van der Waals surface area contributed by atoms with Crippen LogP contribution in [0.4, 0.5) is 0 Å². The highest BCUT2D eigenvalue weighted by molar-refractivity contribution is 5.90. The van der Waals surface area contributed by atoms with Crippen molar-refractivity contribution in [2.24, 2.45) is 11.8 Å². The highest BCUT2D eigenvalue weighted by Gasteiger charge is 2.18. The molecule has 1 rings (SSSR count). The molecule has 1 aliphatic rings. The van der Waals surface area contributed by atoms with Crippen LogP contribution in [-0.2, 0) is 28.6 Å². The summed E-state index contributed by atoms with van der Waals surface area (Å²) in [7, 11) is 0. The van der Waals surface area contributed by atoms with E-state index in [-0.39, 0.29) is 36.4 Å². The van der Waals surface area contributed by atoms with Crippen molar-refractivity contribution in [1.29, 1.82) is 0 Å². The Morgan fingerprint density at radius 1 is 1.03 bits per heavy atom. The highest BCUT2D eigenvalue weighted by Crippen LogP contribution is 2.24. The summed E-state index contributed by atoms with van der Waals surface area (Å²) >= 11 is 0. The zero-order valence-corrected chi connectivity index (χ0v) is 19.2. The maximum atomic E-state index is 11.6. The van der Waals surface area contributed by atoms with Gasteiger partial charge in [0.05, 0.1) is 19.8 Å². The second-order valence-electron chi connectivity index (χ2n) is 8.27. The molecule has 2 atom stereocenters. The molecule has 0 bridgehead atoms. The van der Waals surface area contributed by atoms with E-state index in [1.165, 1.54) is 13.8 Å². The monoisotopic (exact) mass is 438 g/mol. The Hall–Kier alpha value is -2.15. The van der Waals surface area contributed by atoms with Crippen LogP contribution in [0.3, 0.4) is 0 Å². The fourth-order valence-corrected chi connectivity index (χ4v) is 3.60. The molecule has 7 nitrogen and oxygen atoms in total. The van der Waals surface area contributed by atoms with Crippen LogP contribution in [0.5, 0.6) is 0 Å². The van der Waals surface area contributed by atoms with Crippen LogP contribution < -0.4 is 0 Å². The predicted octanol–water partition coefficient (Wildman–Crippen LogP) is 3.89. The van der Waals surface area contributed by atoms with Crippen LogP contribution in [-0.4, -0.2) is 49.4 Å². The average molecular weight is 439 g/mol. The van der Waals surface area contributed by atoms with Gasteiger partial charge in [-0.2, -0.15) is 0 Å². The van der Waals surface area contributed by atoms with E-state index in [4.69, 9.17) is 19.3 Å². The second kappa shape index (κ2) is 15.6. The largest absolute Gasteiger partial charge is 0.466 e. The summed E-state index contributed by atoms with van der Waals surface area (Å²) in [5.41, 5.74) is 1.67. The summed E-state index contributed by atoms with van der Waals surface area (Å²) in [5, 5.41) is 9.12. The molecule has 0 fully saturated rings. The molecule has 31 heavy (non-hydrogen) atoms. The first-order valence-corrected chi connectivity index (χ1v) is 11.2. The van der Waals surface area contributed by atoms with E-state index in [1.54, 1.807) is 0 Å². The van der Waals surface area contributed by atoms with Crippen molar-refractivity contribution in [2.75, 3.05) is 26.4 Å². The van der Waals surface area contributed by atoms with Crippen LogP contribution in [0.1, 0.15) is 72.1 Å². The number of cyclic esters (lactones) is 1. The molecule has 0 aromatic rings. The van der Waals surface area contributed by atoms with Crippen molar-refractivity contribution < 1.29 is 33.7 Å².